The van der Waals surface area contributed by atoms with Crippen LogP contribution in [0, 0.1) is 0 Å². The maximum atomic E-state index is 5.46. The lowest BCUT2D eigenvalue weighted by Gasteiger charge is -2.37. The number of likely N-dealkylation sites (N-methyl/N-ethyl adjacent to an activating group) is 1. The van der Waals surface area contributed by atoms with E-state index in [1.807, 2.05) is 13.1 Å². The molecule has 106 valence electrons. The minimum atomic E-state index is 0.137. The first-order chi connectivity index (χ1) is 9.23. The average molecular weight is 265 g/mol. The second-order valence-corrected chi connectivity index (χ2v) is 5.01. The van der Waals surface area contributed by atoms with Crippen LogP contribution in [0.1, 0.15) is 18.4 Å². The lowest BCUT2D eigenvalue weighted by Crippen LogP contribution is -2.49. The van der Waals surface area contributed by atoms with E-state index in [0.29, 0.717) is 0 Å². The minimum Gasteiger partial charge on any atom is -0.493 e. The number of benzene rings is 1. The maximum absolute atomic E-state index is 5.46. The third-order valence-corrected chi connectivity index (χ3v) is 3.97. The predicted molar refractivity (Wildman–Crippen MR) is 75.1 cm³/mol. The van der Waals surface area contributed by atoms with E-state index in [1.54, 1.807) is 14.2 Å². The Morgan fingerprint density at radius 3 is 2.42 bits per heavy atom. The van der Waals surface area contributed by atoms with Gasteiger partial charge in [-0.3, -0.25) is 0 Å². The quantitative estimate of drug-likeness (QED) is 0.884. The second-order valence-electron chi connectivity index (χ2n) is 5.01. The molecule has 1 heterocycles. The summed E-state index contributed by atoms with van der Waals surface area (Å²) >= 11 is 0. The van der Waals surface area contributed by atoms with E-state index in [0.717, 1.165) is 44.0 Å². The van der Waals surface area contributed by atoms with Gasteiger partial charge in [-0.15, -0.1) is 0 Å². The monoisotopic (exact) mass is 265 g/mol. The van der Waals surface area contributed by atoms with Crippen molar-refractivity contribution in [2.24, 2.45) is 0 Å². The number of methoxy groups -OCH3 is 2. The van der Waals surface area contributed by atoms with Gasteiger partial charge in [0, 0.05) is 18.8 Å². The largest absolute Gasteiger partial charge is 0.493 e. The summed E-state index contributed by atoms with van der Waals surface area (Å²) < 4.78 is 16.1. The van der Waals surface area contributed by atoms with Crippen molar-refractivity contribution in [3.05, 3.63) is 23.8 Å². The smallest absolute Gasteiger partial charge is 0.160 e. The SMILES string of the molecule is CNC1(Cc2ccc(OC)c(OC)c2)CCOCC1. The van der Waals surface area contributed by atoms with E-state index in [4.69, 9.17) is 14.2 Å². The van der Waals surface area contributed by atoms with E-state index in [9.17, 15) is 0 Å². The van der Waals surface area contributed by atoms with Gasteiger partial charge in [-0.1, -0.05) is 6.07 Å². The van der Waals surface area contributed by atoms with Gasteiger partial charge in [-0.25, -0.2) is 0 Å². The second kappa shape index (κ2) is 6.26. The summed E-state index contributed by atoms with van der Waals surface area (Å²) in [7, 11) is 5.36. The fraction of sp³-hybridized carbons (Fsp3) is 0.600. The maximum Gasteiger partial charge on any atom is 0.160 e. The third-order valence-electron chi connectivity index (χ3n) is 3.97. The molecule has 1 fully saturated rings. The molecule has 0 amide bonds. The summed E-state index contributed by atoms with van der Waals surface area (Å²) in [6, 6.07) is 6.14. The zero-order chi connectivity index (χ0) is 13.7. The minimum absolute atomic E-state index is 0.137. The molecule has 0 spiro atoms. The molecule has 4 heteroatoms. The number of rotatable bonds is 5. The first-order valence-corrected chi connectivity index (χ1v) is 6.70. The number of nitrogens with one attached hydrogen (secondary N) is 1. The van der Waals surface area contributed by atoms with Crippen LogP contribution in [-0.4, -0.2) is 40.0 Å². The summed E-state index contributed by atoms with van der Waals surface area (Å²) in [5, 5.41) is 3.48. The first-order valence-electron chi connectivity index (χ1n) is 6.70. The Balaban J connectivity index is 2.17. The highest BCUT2D eigenvalue weighted by Crippen LogP contribution is 2.31. The molecule has 2 rings (SSSR count). The molecular weight excluding hydrogens is 242 g/mol. The summed E-state index contributed by atoms with van der Waals surface area (Å²) in [6.45, 7) is 1.66. The Kier molecular flexibility index (Phi) is 4.66. The Morgan fingerprint density at radius 2 is 1.84 bits per heavy atom. The van der Waals surface area contributed by atoms with Crippen molar-refractivity contribution in [3.63, 3.8) is 0 Å². The Bertz CT molecular complexity index is 414. The van der Waals surface area contributed by atoms with Crippen LogP contribution in [0.15, 0.2) is 18.2 Å². The lowest BCUT2D eigenvalue weighted by molar-refractivity contribution is 0.0413. The molecule has 0 unspecified atom stereocenters. The van der Waals surface area contributed by atoms with Crippen molar-refractivity contribution in [1.82, 2.24) is 5.32 Å². The van der Waals surface area contributed by atoms with E-state index in [2.05, 4.69) is 17.4 Å². The molecule has 0 bridgehead atoms. The zero-order valence-corrected chi connectivity index (χ0v) is 12.0. The van der Waals surface area contributed by atoms with Crippen molar-refractivity contribution in [3.8, 4) is 11.5 Å². The van der Waals surface area contributed by atoms with Crippen LogP contribution in [0.25, 0.3) is 0 Å². The van der Waals surface area contributed by atoms with E-state index >= 15 is 0 Å². The summed E-state index contributed by atoms with van der Waals surface area (Å²) in [6.07, 6.45) is 3.06. The summed E-state index contributed by atoms with van der Waals surface area (Å²) in [5.41, 5.74) is 1.39. The molecule has 19 heavy (non-hydrogen) atoms. The first kappa shape index (κ1) is 14.2. The highest BCUT2D eigenvalue weighted by molar-refractivity contribution is 5.43. The lowest BCUT2D eigenvalue weighted by atomic mass is 9.84. The highest BCUT2D eigenvalue weighted by atomic mass is 16.5. The van der Waals surface area contributed by atoms with Crippen LogP contribution in [0.2, 0.25) is 0 Å². The van der Waals surface area contributed by atoms with E-state index in [1.165, 1.54) is 5.56 Å². The van der Waals surface area contributed by atoms with Crippen molar-refractivity contribution >= 4 is 0 Å². The van der Waals surface area contributed by atoms with Crippen LogP contribution in [0.4, 0.5) is 0 Å². The van der Waals surface area contributed by atoms with Gasteiger partial charge >= 0.3 is 0 Å². The fourth-order valence-electron chi connectivity index (χ4n) is 2.66. The molecule has 0 atom stereocenters. The fourth-order valence-corrected chi connectivity index (χ4v) is 2.66. The Morgan fingerprint density at radius 1 is 1.16 bits per heavy atom. The molecule has 4 nitrogen and oxygen atoms in total. The van der Waals surface area contributed by atoms with Gasteiger partial charge < -0.3 is 19.5 Å². The standard InChI is InChI=1S/C15H23NO3/c1-16-15(6-8-19-9-7-15)11-12-4-5-13(17-2)14(10-12)18-3/h4-5,10,16H,6-9,11H2,1-3H3. The molecule has 1 aromatic rings. The van der Waals surface area contributed by atoms with Crippen molar-refractivity contribution in [1.29, 1.82) is 0 Å². The third kappa shape index (κ3) is 3.19. The molecule has 1 aliphatic heterocycles. The summed E-state index contributed by atoms with van der Waals surface area (Å²) in [5.74, 6) is 1.56. The van der Waals surface area contributed by atoms with E-state index in [-0.39, 0.29) is 5.54 Å². The highest BCUT2D eigenvalue weighted by Gasteiger charge is 2.31. The molecule has 0 saturated carbocycles. The van der Waals surface area contributed by atoms with Crippen molar-refractivity contribution < 1.29 is 14.2 Å². The Labute approximate surface area is 115 Å². The van der Waals surface area contributed by atoms with Gasteiger partial charge in [0.05, 0.1) is 14.2 Å². The van der Waals surface area contributed by atoms with Gasteiger partial charge in [0.1, 0.15) is 0 Å². The normalized spacial score (nSPS) is 18.1. The molecule has 1 aromatic carbocycles. The van der Waals surface area contributed by atoms with Gasteiger partial charge in [0.2, 0.25) is 0 Å². The van der Waals surface area contributed by atoms with Gasteiger partial charge in [-0.2, -0.15) is 0 Å². The zero-order valence-electron chi connectivity index (χ0n) is 12.0. The predicted octanol–water partition coefficient (Wildman–Crippen LogP) is 2.01. The van der Waals surface area contributed by atoms with Crippen LogP contribution >= 0.6 is 0 Å². The molecule has 0 aromatic heterocycles. The molecule has 1 N–H and O–H groups in total. The summed E-state index contributed by atoms with van der Waals surface area (Å²) in [4.78, 5) is 0. The van der Waals surface area contributed by atoms with Crippen LogP contribution in [0.5, 0.6) is 11.5 Å². The Hall–Kier alpha value is -1.26. The molecule has 0 radical (unpaired) electrons. The number of hydrogen-bond donors (Lipinski definition) is 1. The molecular formula is C15H23NO3. The van der Waals surface area contributed by atoms with Crippen LogP contribution < -0.4 is 14.8 Å². The van der Waals surface area contributed by atoms with Crippen LogP contribution in [-0.2, 0) is 11.2 Å². The van der Waals surface area contributed by atoms with Gasteiger partial charge in [0.15, 0.2) is 11.5 Å². The number of hydrogen-bond acceptors (Lipinski definition) is 4. The van der Waals surface area contributed by atoms with Gasteiger partial charge in [0.25, 0.3) is 0 Å². The van der Waals surface area contributed by atoms with E-state index < -0.39 is 0 Å². The molecule has 0 aliphatic carbocycles. The van der Waals surface area contributed by atoms with Crippen molar-refractivity contribution in [2.45, 2.75) is 24.8 Å². The number of ether oxygens (including phenoxy) is 3. The average Bonchev–Trinajstić information content (AvgIpc) is 2.48. The van der Waals surface area contributed by atoms with Crippen molar-refractivity contribution in [2.75, 3.05) is 34.5 Å². The van der Waals surface area contributed by atoms with Gasteiger partial charge in [-0.05, 0) is 44.0 Å². The van der Waals surface area contributed by atoms with Crippen LogP contribution in [0.3, 0.4) is 0 Å². The molecule has 1 aliphatic rings. The topological polar surface area (TPSA) is 39.7 Å². The molecule has 1 saturated heterocycles.